The number of carbonyl (C=O) groups excluding carboxylic acids is 2. The first-order chi connectivity index (χ1) is 12.2. The monoisotopic (exact) mass is 358 g/mol. The van der Waals surface area contributed by atoms with E-state index in [0.717, 1.165) is 37.1 Å². The fourth-order valence-corrected chi connectivity index (χ4v) is 3.69. The molecule has 0 bridgehead atoms. The van der Waals surface area contributed by atoms with Gasteiger partial charge in [0.05, 0.1) is 0 Å². The van der Waals surface area contributed by atoms with Crippen molar-refractivity contribution in [2.45, 2.75) is 60.3 Å². The molecule has 2 rings (SSSR count). The summed E-state index contributed by atoms with van der Waals surface area (Å²) in [5.41, 5.74) is 2.13. The molecular formula is C22H34N2O2. The lowest BCUT2D eigenvalue weighted by Gasteiger charge is -2.28. The van der Waals surface area contributed by atoms with Gasteiger partial charge in [0, 0.05) is 37.7 Å². The van der Waals surface area contributed by atoms with Crippen LogP contribution < -0.4 is 4.90 Å². The van der Waals surface area contributed by atoms with E-state index in [1.165, 1.54) is 0 Å². The average molecular weight is 359 g/mol. The highest BCUT2D eigenvalue weighted by atomic mass is 16.2. The van der Waals surface area contributed by atoms with Gasteiger partial charge in [-0.3, -0.25) is 9.59 Å². The first kappa shape index (κ1) is 20.5. The smallest absolute Gasteiger partial charge is 0.230 e. The number of para-hydroxylation sites is 1. The Kier molecular flexibility index (Phi) is 6.85. The van der Waals surface area contributed by atoms with Crippen molar-refractivity contribution in [3.8, 4) is 0 Å². The van der Waals surface area contributed by atoms with E-state index in [1.54, 1.807) is 0 Å². The zero-order valence-corrected chi connectivity index (χ0v) is 17.0. The van der Waals surface area contributed by atoms with Crippen molar-refractivity contribution < 1.29 is 9.59 Å². The lowest BCUT2D eigenvalue weighted by molar-refractivity contribution is -0.133. The Bertz CT molecular complexity index is 633. The highest BCUT2D eigenvalue weighted by Crippen LogP contribution is 2.27. The van der Waals surface area contributed by atoms with Crippen molar-refractivity contribution in [3.05, 3.63) is 29.8 Å². The Balaban J connectivity index is 2.04. The second-order valence-electron chi connectivity index (χ2n) is 8.62. The minimum Gasteiger partial charge on any atom is -0.343 e. The number of likely N-dealkylation sites (tertiary alicyclic amines) is 1. The Morgan fingerprint density at radius 2 is 1.85 bits per heavy atom. The maximum Gasteiger partial charge on any atom is 0.230 e. The van der Waals surface area contributed by atoms with Crippen LogP contribution in [-0.4, -0.2) is 36.3 Å². The molecule has 0 saturated carbocycles. The zero-order valence-electron chi connectivity index (χ0n) is 17.0. The first-order valence-corrected chi connectivity index (χ1v) is 9.87. The van der Waals surface area contributed by atoms with Gasteiger partial charge in [-0.15, -0.1) is 0 Å². The Labute approximate surface area is 158 Å². The van der Waals surface area contributed by atoms with Crippen molar-refractivity contribution >= 4 is 17.5 Å². The van der Waals surface area contributed by atoms with Crippen LogP contribution in [0.1, 0.15) is 58.9 Å². The summed E-state index contributed by atoms with van der Waals surface area (Å²) in [6.45, 7) is 12.5. The van der Waals surface area contributed by atoms with Gasteiger partial charge in [0.25, 0.3) is 0 Å². The number of nitrogens with zero attached hydrogens (tertiary/aromatic N) is 2. The fraction of sp³-hybridized carbons (Fsp3) is 0.636. The van der Waals surface area contributed by atoms with Crippen LogP contribution in [0.25, 0.3) is 0 Å². The Morgan fingerprint density at radius 3 is 2.46 bits per heavy atom. The van der Waals surface area contributed by atoms with E-state index in [-0.39, 0.29) is 23.1 Å². The second-order valence-corrected chi connectivity index (χ2v) is 8.62. The molecule has 1 heterocycles. The fourth-order valence-electron chi connectivity index (χ4n) is 3.69. The van der Waals surface area contributed by atoms with Crippen molar-refractivity contribution in [2.24, 2.45) is 11.3 Å². The highest BCUT2D eigenvalue weighted by Gasteiger charge is 2.29. The summed E-state index contributed by atoms with van der Waals surface area (Å²) in [5.74, 6) is 0.422. The number of aryl methyl sites for hydroxylation is 1. The summed E-state index contributed by atoms with van der Waals surface area (Å²) in [4.78, 5) is 29.6. The maximum atomic E-state index is 13.2. The first-order valence-electron chi connectivity index (χ1n) is 9.87. The molecule has 0 aliphatic carbocycles. The second kappa shape index (κ2) is 8.70. The average Bonchev–Trinajstić information content (AvgIpc) is 2.81. The predicted molar refractivity (Wildman–Crippen MR) is 107 cm³/mol. The van der Waals surface area contributed by atoms with Crippen LogP contribution in [0.2, 0.25) is 0 Å². The van der Waals surface area contributed by atoms with Gasteiger partial charge in [0.1, 0.15) is 0 Å². The molecule has 1 aromatic carbocycles. The standard InChI is InChI=1S/C22H34N2O2/c1-6-24(19-12-8-7-10-17(19)2)21(26)18-11-9-14-23(15-13-18)20(25)16-22(3,4)5/h7-8,10,12,18H,6,9,11,13-16H2,1-5H3. The number of anilines is 1. The molecule has 0 N–H and O–H groups in total. The highest BCUT2D eigenvalue weighted by molar-refractivity contribution is 5.95. The molecule has 2 amide bonds. The molecule has 1 atom stereocenters. The summed E-state index contributed by atoms with van der Waals surface area (Å²) < 4.78 is 0. The quantitative estimate of drug-likeness (QED) is 0.800. The van der Waals surface area contributed by atoms with E-state index in [0.29, 0.717) is 19.5 Å². The van der Waals surface area contributed by atoms with Gasteiger partial charge in [-0.1, -0.05) is 39.0 Å². The van der Waals surface area contributed by atoms with Crippen LogP contribution in [0.3, 0.4) is 0 Å². The zero-order chi connectivity index (χ0) is 19.3. The molecule has 1 saturated heterocycles. The molecule has 1 aromatic rings. The minimum atomic E-state index is 0.00185. The van der Waals surface area contributed by atoms with Crippen molar-refractivity contribution in [1.29, 1.82) is 0 Å². The molecule has 26 heavy (non-hydrogen) atoms. The summed E-state index contributed by atoms with van der Waals surface area (Å²) in [6, 6.07) is 8.05. The maximum absolute atomic E-state index is 13.2. The largest absolute Gasteiger partial charge is 0.343 e. The number of benzene rings is 1. The summed E-state index contributed by atoms with van der Waals surface area (Å²) in [5, 5.41) is 0. The van der Waals surface area contributed by atoms with Crippen LogP contribution in [0.5, 0.6) is 0 Å². The Morgan fingerprint density at radius 1 is 1.15 bits per heavy atom. The van der Waals surface area contributed by atoms with Gasteiger partial charge < -0.3 is 9.80 Å². The topological polar surface area (TPSA) is 40.6 Å². The van der Waals surface area contributed by atoms with Crippen molar-refractivity contribution in [1.82, 2.24) is 4.90 Å². The molecule has 1 aliphatic heterocycles. The van der Waals surface area contributed by atoms with Crippen LogP contribution in [0.4, 0.5) is 5.69 Å². The number of hydrogen-bond donors (Lipinski definition) is 0. The van der Waals surface area contributed by atoms with Gasteiger partial charge in [-0.25, -0.2) is 0 Å². The normalized spacial score (nSPS) is 18.3. The van der Waals surface area contributed by atoms with Crippen molar-refractivity contribution in [3.63, 3.8) is 0 Å². The van der Waals surface area contributed by atoms with E-state index in [4.69, 9.17) is 0 Å². The van der Waals surface area contributed by atoms with Crippen LogP contribution in [0, 0.1) is 18.3 Å². The Hall–Kier alpha value is -1.84. The number of carbonyl (C=O) groups is 2. The van der Waals surface area contributed by atoms with E-state index < -0.39 is 0 Å². The molecule has 4 heteroatoms. The lowest BCUT2D eigenvalue weighted by atomic mass is 9.91. The number of rotatable bonds is 4. The molecule has 1 unspecified atom stereocenters. The third-order valence-corrected chi connectivity index (χ3v) is 5.10. The molecule has 4 nitrogen and oxygen atoms in total. The lowest BCUT2D eigenvalue weighted by Crippen LogP contribution is -2.38. The third-order valence-electron chi connectivity index (χ3n) is 5.10. The number of amides is 2. The van der Waals surface area contributed by atoms with Gasteiger partial charge >= 0.3 is 0 Å². The molecule has 1 aliphatic rings. The van der Waals surface area contributed by atoms with E-state index in [1.807, 2.05) is 47.9 Å². The number of hydrogen-bond acceptors (Lipinski definition) is 2. The molecule has 0 radical (unpaired) electrons. The van der Waals surface area contributed by atoms with E-state index in [2.05, 4.69) is 20.8 Å². The molecule has 0 aromatic heterocycles. The van der Waals surface area contributed by atoms with Crippen LogP contribution in [0.15, 0.2) is 24.3 Å². The summed E-state index contributed by atoms with van der Waals surface area (Å²) >= 11 is 0. The molecule has 0 spiro atoms. The minimum absolute atomic E-state index is 0.00185. The van der Waals surface area contributed by atoms with Crippen LogP contribution >= 0.6 is 0 Å². The molecule has 1 fully saturated rings. The van der Waals surface area contributed by atoms with Crippen molar-refractivity contribution in [2.75, 3.05) is 24.5 Å². The third kappa shape index (κ3) is 5.33. The predicted octanol–water partition coefficient (Wildman–Crippen LogP) is 4.41. The van der Waals surface area contributed by atoms with E-state index >= 15 is 0 Å². The van der Waals surface area contributed by atoms with E-state index in [9.17, 15) is 9.59 Å². The molecular weight excluding hydrogens is 324 g/mol. The SMILES string of the molecule is CCN(C(=O)C1CCCN(C(=O)CC(C)(C)C)CC1)c1ccccc1C. The summed E-state index contributed by atoms with van der Waals surface area (Å²) in [7, 11) is 0. The van der Waals surface area contributed by atoms with Gasteiger partial charge in [-0.05, 0) is 50.2 Å². The van der Waals surface area contributed by atoms with Gasteiger partial charge in [-0.2, -0.15) is 0 Å². The van der Waals surface area contributed by atoms with Gasteiger partial charge in [0.2, 0.25) is 11.8 Å². The summed E-state index contributed by atoms with van der Waals surface area (Å²) in [6.07, 6.45) is 3.09. The van der Waals surface area contributed by atoms with Gasteiger partial charge in [0.15, 0.2) is 0 Å². The van der Waals surface area contributed by atoms with Crippen LogP contribution in [-0.2, 0) is 9.59 Å². The molecule has 144 valence electrons.